The van der Waals surface area contributed by atoms with Crippen LogP contribution in [0, 0.1) is 11.6 Å². The van der Waals surface area contributed by atoms with E-state index in [1.165, 1.54) is 18.2 Å². The number of hydrogen-bond acceptors (Lipinski definition) is 5. The molecular weight excluding hydrogens is 442 g/mol. The topological polar surface area (TPSA) is 77.5 Å². The van der Waals surface area contributed by atoms with E-state index in [0.717, 1.165) is 12.1 Å². The normalized spacial score (nSPS) is 14.5. The zero-order valence-corrected chi connectivity index (χ0v) is 17.4. The van der Waals surface area contributed by atoms with Crippen molar-refractivity contribution in [2.24, 2.45) is 0 Å². The number of aromatic nitrogens is 1. The molecule has 0 radical (unpaired) electrons. The quantitative estimate of drug-likeness (QED) is 0.503. The predicted molar refractivity (Wildman–Crippen MR) is 112 cm³/mol. The highest BCUT2D eigenvalue weighted by molar-refractivity contribution is 6.31. The van der Waals surface area contributed by atoms with Gasteiger partial charge in [-0.15, -0.1) is 0 Å². The summed E-state index contributed by atoms with van der Waals surface area (Å²) >= 11 is 5.75. The number of benzene rings is 2. The van der Waals surface area contributed by atoms with Gasteiger partial charge in [0.15, 0.2) is 0 Å². The van der Waals surface area contributed by atoms with E-state index in [4.69, 9.17) is 21.1 Å². The summed E-state index contributed by atoms with van der Waals surface area (Å²) in [5.74, 6) is -1.70. The molecule has 164 valence electrons. The number of rotatable bonds is 5. The fraction of sp³-hybridized carbons (Fsp3) is 0.174. The number of halogens is 3. The maximum Gasteiger partial charge on any atom is 0.509 e. The van der Waals surface area contributed by atoms with Crippen LogP contribution in [-0.4, -0.2) is 17.0 Å². The van der Waals surface area contributed by atoms with Crippen molar-refractivity contribution in [3.05, 3.63) is 93.8 Å². The van der Waals surface area contributed by atoms with Gasteiger partial charge in [0.25, 0.3) is 5.91 Å². The van der Waals surface area contributed by atoms with Crippen LogP contribution in [0.1, 0.15) is 39.7 Å². The Hall–Kier alpha value is -3.52. The third-order valence-corrected chi connectivity index (χ3v) is 5.30. The summed E-state index contributed by atoms with van der Waals surface area (Å²) in [7, 11) is 0. The smallest absolute Gasteiger partial charge is 0.428 e. The maximum absolute atomic E-state index is 14.6. The number of hydrogen-bond donors (Lipinski definition) is 1. The Labute approximate surface area is 187 Å². The van der Waals surface area contributed by atoms with Gasteiger partial charge >= 0.3 is 6.16 Å². The molecule has 1 aliphatic rings. The van der Waals surface area contributed by atoms with Crippen molar-refractivity contribution < 1.29 is 27.8 Å². The zero-order valence-electron chi connectivity index (χ0n) is 16.6. The first kappa shape index (κ1) is 21.7. The molecule has 0 unspecified atom stereocenters. The average molecular weight is 459 g/mol. The number of pyridine rings is 1. The molecule has 32 heavy (non-hydrogen) atoms. The first-order valence-corrected chi connectivity index (χ1v) is 10.1. The summed E-state index contributed by atoms with van der Waals surface area (Å²) in [5.41, 5.74) is 1.66. The monoisotopic (exact) mass is 458 g/mol. The summed E-state index contributed by atoms with van der Waals surface area (Å²) in [4.78, 5) is 28.9. The van der Waals surface area contributed by atoms with Gasteiger partial charge in [-0.05, 0) is 60.9 Å². The number of nitrogens with one attached hydrogen (secondary N) is 1. The van der Waals surface area contributed by atoms with Crippen LogP contribution in [0.5, 0.6) is 0 Å². The average Bonchev–Trinajstić information content (AvgIpc) is 3.20. The van der Waals surface area contributed by atoms with Crippen molar-refractivity contribution in [2.75, 3.05) is 5.32 Å². The highest BCUT2D eigenvalue weighted by Crippen LogP contribution is 2.38. The van der Waals surface area contributed by atoms with Crippen molar-refractivity contribution in [1.82, 2.24) is 4.98 Å². The standard InChI is InChI=1S/C23H17ClF2N2O4/c24-17-11-13(4-7-18(17)25)28-22(29)16-5-8-19(26)21-15(16)6-9-20(21)32-23(30)31-12-14-3-1-2-10-27-14/h1-5,7-8,10-11,20H,6,9,12H2,(H,28,29)/t20-/m0/s1. The number of nitrogens with zero attached hydrogens (tertiary/aromatic N) is 1. The number of ether oxygens (including phenoxy) is 2. The molecule has 9 heteroatoms. The number of carbonyl (C=O) groups excluding carboxylic acids is 2. The lowest BCUT2D eigenvalue weighted by Gasteiger charge is -2.15. The van der Waals surface area contributed by atoms with E-state index in [2.05, 4.69) is 10.3 Å². The second-order valence-corrected chi connectivity index (χ2v) is 7.48. The molecule has 0 saturated heterocycles. The van der Waals surface area contributed by atoms with Crippen molar-refractivity contribution >= 4 is 29.4 Å². The maximum atomic E-state index is 14.6. The van der Waals surface area contributed by atoms with Gasteiger partial charge in [-0.2, -0.15) is 0 Å². The van der Waals surface area contributed by atoms with Crippen molar-refractivity contribution in [2.45, 2.75) is 25.6 Å². The third kappa shape index (κ3) is 4.70. The van der Waals surface area contributed by atoms with Gasteiger partial charge < -0.3 is 14.8 Å². The minimum absolute atomic E-state index is 0.0790. The molecule has 1 heterocycles. The summed E-state index contributed by atoms with van der Waals surface area (Å²) in [6.45, 7) is -0.0790. The summed E-state index contributed by atoms with van der Waals surface area (Å²) in [6.07, 6.45) is 0.368. The van der Waals surface area contributed by atoms with E-state index in [1.807, 2.05) is 0 Å². The molecule has 1 amide bonds. The van der Waals surface area contributed by atoms with E-state index in [9.17, 15) is 18.4 Å². The number of carbonyl (C=O) groups is 2. The first-order chi connectivity index (χ1) is 15.4. The molecule has 6 nitrogen and oxygen atoms in total. The third-order valence-electron chi connectivity index (χ3n) is 5.01. The van der Waals surface area contributed by atoms with E-state index >= 15 is 0 Å². The highest BCUT2D eigenvalue weighted by Gasteiger charge is 2.33. The van der Waals surface area contributed by atoms with Crippen LogP contribution in [0.2, 0.25) is 5.02 Å². The lowest BCUT2D eigenvalue weighted by Crippen LogP contribution is -2.16. The van der Waals surface area contributed by atoms with Gasteiger partial charge in [-0.3, -0.25) is 9.78 Å². The second kappa shape index (κ2) is 9.32. The molecule has 1 aromatic heterocycles. The zero-order chi connectivity index (χ0) is 22.7. The molecule has 1 aliphatic carbocycles. The van der Waals surface area contributed by atoms with Gasteiger partial charge in [-0.25, -0.2) is 13.6 Å². The van der Waals surface area contributed by atoms with Gasteiger partial charge in [-0.1, -0.05) is 17.7 Å². The molecule has 0 saturated carbocycles. The van der Waals surface area contributed by atoms with E-state index < -0.39 is 29.8 Å². The Kier molecular flexibility index (Phi) is 6.32. The van der Waals surface area contributed by atoms with Gasteiger partial charge in [0.2, 0.25) is 0 Å². The molecular formula is C23H17ClF2N2O4. The second-order valence-electron chi connectivity index (χ2n) is 7.08. The molecule has 3 aromatic rings. The lowest BCUT2D eigenvalue weighted by molar-refractivity contribution is 0.0173. The van der Waals surface area contributed by atoms with Gasteiger partial charge in [0.1, 0.15) is 24.3 Å². The first-order valence-electron chi connectivity index (χ1n) is 9.73. The Bertz CT molecular complexity index is 1170. The van der Waals surface area contributed by atoms with E-state index in [-0.39, 0.29) is 22.8 Å². The molecule has 2 aromatic carbocycles. The molecule has 1 N–H and O–H groups in total. The SMILES string of the molecule is O=C(OCc1ccccn1)O[C@H]1CCc2c(C(=O)Nc3ccc(F)c(Cl)c3)ccc(F)c21. The van der Waals surface area contributed by atoms with Crippen LogP contribution in [-0.2, 0) is 22.5 Å². The van der Waals surface area contributed by atoms with Crippen LogP contribution < -0.4 is 5.32 Å². The summed E-state index contributed by atoms with van der Waals surface area (Å²) in [5, 5.41) is 2.48. The van der Waals surface area contributed by atoms with E-state index in [0.29, 0.717) is 29.8 Å². The van der Waals surface area contributed by atoms with Crippen molar-refractivity contribution in [3.63, 3.8) is 0 Å². The Morgan fingerprint density at radius 1 is 1.12 bits per heavy atom. The molecule has 1 atom stereocenters. The number of fused-ring (bicyclic) bond motifs is 1. The lowest BCUT2D eigenvalue weighted by atomic mass is 10.0. The highest BCUT2D eigenvalue weighted by atomic mass is 35.5. The molecule has 4 rings (SSSR count). The number of anilines is 1. The molecule has 0 fully saturated rings. The van der Waals surface area contributed by atoms with Crippen LogP contribution in [0.25, 0.3) is 0 Å². The summed E-state index contributed by atoms with van der Waals surface area (Å²) in [6, 6.07) is 11.5. The van der Waals surface area contributed by atoms with Gasteiger partial charge in [0, 0.05) is 23.0 Å². The van der Waals surface area contributed by atoms with Crippen LogP contribution in [0.15, 0.2) is 54.7 Å². The van der Waals surface area contributed by atoms with Crippen LogP contribution in [0.3, 0.4) is 0 Å². The van der Waals surface area contributed by atoms with Crippen LogP contribution in [0.4, 0.5) is 19.3 Å². The molecule has 0 spiro atoms. The van der Waals surface area contributed by atoms with Crippen molar-refractivity contribution in [1.29, 1.82) is 0 Å². The molecule has 0 aliphatic heterocycles. The van der Waals surface area contributed by atoms with E-state index in [1.54, 1.807) is 24.4 Å². The Balaban J connectivity index is 1.47. The predicted octanol–water partition coefficient (Wildman–Crippen LogP) is 5.61. The fourth-order valence-corrected chi connectivity index (χ4v) is 3.72. The fourth-order valence-electron chi connectivity index (χ4n) is 3.54. The van der Waals surface area contributed by atoms with Crippen LogP contribution >= 0.6 is 11.6 Å². The molecule has 0 bridgehead atoms. The minimum Gasteiger partial charge on any atom is -0.428 e. The largest absolute Gasteiger partial charge is 0.509 e. The summed E-state index contributed by atoms with van der Waals surface area (Å²) < 4.78 is 38.3. The Morgan fingerprint density at radius 2 is 1.94 bits per heavy atom. The van der Waals surface area contributed by atoms with Crippen molar-refractivity contribution in [3.8, 4) is 0 Å². The Morgan fingerprint density at radius 3 is 2.69 bits per heavy atom. The number of amides is 1. The minimum atomic E-state index is -0.955. The van der Waals surface area contributed by atoms with Gasteiger partial charge in [0.05, 0.1) is 10.7 Å².